The molecule has 0 N–H and O–H groups in total. The number of fused-ring (bicyclic) bond motifs is 1. The topological polar surface area (TPSA) is 79.1 Å². The maximum Gasteiger partial charge on any atom is 0.410 e. The first kappa shape index (κ1) is 17.2. The van der Waals surface area contributed by atoms with Crippen molar-refractivity contribution in [3.63, 3.8) is 0 Å². The Kier molecular flexibility index (Phi) is 4.58. The average Bonchev–Trinajstić information content (AvgIpc) is 2.59. The molecular formula is C19H22N4O2. The minimum absolute atomic E-state index is 0.245. The van der Waals surface area contributed by atoms with Gasteiger partial charge in [0.05, 0.1) is 11.0 Å². The Morgan fingerprint density at radius 2 is 1.80 bits per heavy atom. The van der Waals surface area contributed by atoms with E-state index in [0.717, 1.165) is 29.6 Å². The summed E-state index contributed by atoms with van der Waals surface area (Å²) in [4.78, 5) is 22.9. The summed E-state index contributed by atoms with van der Waals surface area (Å²) < 4.78 is 5.43. The van der Waals surface area contributed by atoms with Crippen molar-refractivity contribution in [2.24, 2.45) is 0 Å². The van der Waals surface area contributed by atoms with Gasteiger partial charge in [-0.2, -0.15) is 5.26 Å². The Morgan fingerprint density at radius 3 is 2.44 bits per heavy atom. The molecule has 130 valence electrons. The molecule has 1 fully saturated rings. The predicted molar refractivity (Wildman–Crippen MR) is 94.0 cm³/mol. The Hall–Kier alpha value is -2.68. The van der Waals surface area contributed by atoms with Crippen molar-refractivity contribution in [3.05, 3.63) is 35.7 Å². The summed E-state index contributed by atoms with van der Waals surface area (Å²) >= 11 is 0. The van der Waals surface area contributed by atoms with Gasteiger partial charge in [-0.25, -0.2) is 9.78 Å². The first-order chi connectivity index (χ1) is 11.9. The summed E-state index contributed by atoms with van der Waals surface area (Å²) in [5, 5.41) is 8.92. The van der Waals surface area contributed by atoms with Crippen molar-refractivity contribution < 1.29 is 9.53 Å². The number of ether oxygens (including phenoxy) is 1. The number of amides is 1. The fraction of sp³-hybridized carbons (Fsp3) is 0.474. The molecule has 1 amide bonds. The van der Waals surface area contributed by atoms with Gasteiger partial charge in [0.1, 0.15) is 17.4 Å². The van der Waals surface area contributed by atoms with Crippen LogP contribution in [0.15, 0.2) is 24.3 Å². The zero-order valence-electron chi connectivity index (χ0n) is 14.8. The fourth-order valence-corrected chi connectivity index (χ4v) is 3.00. The number of pyridine rings is 2. The van der Waals surface area contributed by atoms with E-state index in [-0.39, 0.29) is 6.09 Å². The summed E-state index contributed by atoms with van der Waals surface area (Å²) in [6.07, 6.45) is 1.48. The SMILES string of the molecule is CC(C)(C)OC(=O)N1CCC(c2ccc3nc(C#N)ccc3n2)CC1. The van der Waals surface area contributed by atoms with Crippen molar-refractivity contribution >= 4 is 17.1 Å². The van der Waals surface area contributed by atoms with Gasteiger partial charge < -0.3 is 9.64 Å². The van der Waals surface area contributed by atoms with Gasteiger partial charge in [-0.3, -0.25) is 4.98 Å². The van der Waals surface area contributed by atoms with E-state index in [1.54, 1.807) is 11.0 Å². The van der Waals surface area contributed by atoms with E-state index in [1.807, 2.05) is 45.0 Å². The summed E-state index contributed by atoms with van der Waals surface area (Å²) in [7, 11) is 0. The largest absolute Gasteiger partial charge is 0.444 e. The normalized spacial score (nSPS) is 15.8. The molecule has 2 aromatic rings. The van der Waals surface area contributed by atoms with Crippen LogP contribution in [-0.4, -0.2) is 39.7 Å². The van der Waals surface area contributed by atoms with E-state index >= 15 is 0 Å². The fourth-order valence-electron chi connectivity index (χ4n) is 3.00. The summed E-state index contributed by atoms with van der Waals surface area (Å²) in [5.41, 5.74) is 2.47. The maximum absolute atomic E-state index is 12.1. The standard InChI is InChI=1S/C19H22N4O2/c1-19(2,3)25-18(24)23-10-8-13(9-11-23)15-6-7-16-17(22-15)5-4-14(12-20)21-16/h4-7,13H,8-11H2,1-3H3. The van der Waals surface area contributed by atoms with Gasteiger partial charge >= 0.3 is 6.09 Å². The van der Waals surface area contributed by atoms with Crippen LogP contribution in [0.5, 0.6) is 0 Å². The highest BCUT2D eigenvalue weighted by Crippen LogP contribution is 2.28. The summed E-state index contributed by atoms with van der Waals surface area (Å²) in [6.45, 7) is 6.98. The zero-order chi connectivity index (χ0) is 18.0. The molecule has 0 spiro atoms. The average molecular weight is 338 g/mol. The Balaban J connectivity index is 1.68. The molecule has 1 saturated heterocycles. The Labute approximate surface area is 147 Å². The second-order valence-corrected chi connectivity index (χ2v) is 7.32. The molecular weight excluding hydrogens is 316 g/mol. The van der Waals surface area contributed by atoms with Crippen molar-refractivity contribution in [3.8, 4) is 6.07 Å². The monoisotopic (exact) mass is 338 g/mol. The first-order valence-corrected chi connectivity index (χ1v) is 8.51. The van der Waals surface area contributed by atoms with E-state index in [0.29, 0.717) is 24.7 Å². The van der Waals surface area contributed by atoms with Crippen LogP contribution in [0.2, 0.25) is 0 Å². The van der Waals surface area contributed by atoms with Crippen LogP contribution >= 0.6 is 0 Å². The lowest BCUT2D eigenvalue weighted by atomic mass is 9.93. The van der Waals surface area contributed by atoms with Crippen LogP contribution < -0.4 is 0 Å². The van der Waals surface area contributed by atoms with Gasteiger partial charge in [-0.05, 0) is 57.9 Å². The highest BCUT2D eigenvalue weighted by molar-refractivity contribution is 5.74. The number of aromatic nitrogens is 2. The molecule has 3 rings (SSSR count). The second-order valence-electron chi connectivity index (χ2n) is 7.32. The third kappa shape index (κ3) is 4.05. The Morgan fingerprint density at radius 1 is 1.16 bits per heavy atom. The number of nitrogens with zero attached hydrogens (tertiary/aromatic N) is 4. The predicted octanol–water partition coefficient (Wildman–Crippen LogP) is 3.62. The van der Waals surface area contributed by atoms with E-state index in [9.17, 15) is 4.79 Å². The summed E-state index contributed by atoms with van der Waals surface area (Å²) in [5.74, 6) is 0.318. The number of nitriles is 1. The first-order valence-electron chi connectivity index (χ1n) is 8.51. The number of carbonyl (C=O) groups is 1. The molecule has 0 atom stereocenters. The molecule has 0 bridgehead atoms. The third-order valence-electron chi connectivity index (χ3n) is 4.24. The van der Waals surface area contributed by atoms with E-state index < -0.39 is 5.60 Å². The molecule has 3 heterocycles. The number of likely N-dealkylation sites (tertiary alicyclic amines) is 1. The lowest BCUT2D eigenvalue weighted by Gasteiger charge is -2.33. The maximum atomic E-state index is 12.1. The molecule has 1 aliphatic rings. The molecule has 25 heavy (non-hydrogen) atoms. The number of hydrogen-bond acceptors (Lipinski definition) is 5. The molecule has 6 heteroatoms. The van der Waals surface area contributed by atoms with Crippen molar-refractivity contribution in [2.75, 3.05) is 13.1 Å². The number of rotatable bonds is 1. The molecule has 6 nitrogen and oxygen atoms in total. The quantitative estimate of drug-likeness (QED) is 0.793. The highest BCUT2D eigenvalue weighted by Gasteiger charge is 2.28. The van der Waals surface area contributed by atoms with E-state index in [1.165, 1.54) is 0 Å². The summed E-state index contributed by atoms with van der Waals surface area (Å²) in [6, 6.07) is 9.45. The lowest BCUT2D eigenvalue weighted by Crippen LogP contribution is -2.41. The van der Waals surface area contributed by atoms with Crippen LogP contribution in [0.3, 0.4) is 0 Å². The van der Waals surface area contributed by atoms with Gasteiger partial charge in [0.2, 0.25) is 0 Å². The molecule has 0 radical (unpaired) electrons. The van der Waals surface area contributed by atoms with Crippen molar-refractivity contribution in [1.82, 2.24) is 14.9 Å². The molecule has 1 aliphatic heterocycles. The van der Waals surface area contributed by atoms with Gasteiger partial charge in [0.25, 0.3) is 0 Å². The van der Waals surface area contributed by atoms with Crippen molar-refractivity contribution in [2.45, 2.75) is 45.1 Å². The third-order valence-corrected chi connectivity index (χ3v) is 4.24. The number of piperidine rings is 1. The van der Waals surface area contributed by atoms with Crippen molar-refractivity contribution in [1.29, 1.82) is 5.26 Å². The molecule has 0 unspecified atom stereocenters. The molecule has 0 saturated carbocycles. The molecule has 2 aromatic heterocycles. The minimum Gasteiger partial charge on any atom is -0.444 e. The van der Waals surface area contributed by atoms with Crippen LogP contribution in [0.4, 0.5) is 4.79 Å². The number of hydrogen-bond donors (Lipinski definition) is 0. The van der Waals surface area contributed by atoms with Crippen LogP contribution in [0, 0.1) is 11.3 Å². The second kappa shape index (κ2) is 6.67. The highest BCUT2D eigenvalue weighted by atomic mass is 16.6. The smallest absolute Gasteiger partial charge is 0.410 e. The molecule has 0 aliphatic carbocycles. The van der Waals surface area contributed by atoms with Gasteiger partial charge in [0, 0.05) is 24.7 Å². The molecule has 0 aromatic carbocycles. The van der Waals surface area contributed by atoms with Gasteiger partial charge in [-0.1, -0.05) is 0 Å². The van der Waals surface area contributed by atoms with E-state index in [4.69, 9.17) is 15.0 Å². The number of carbonyl (C=O) groups excluding carboxylic acids is 1. The zero-order valence-corrected chi connectivity index (χ0v) is 14.8. The van der Waals surface area contributed by atoms with Crippen LogP contribution in [0.25, 0.3) is 11.0 Å². The van der Waals surface area contributed by atoms with Crippen LogP contribution in [0.1, 0.15) is 50.9 Å². The van der Waals surface area contributed by atoms with E-state index in [2.05, 4.69) is 4.98 Å². The van der Waals surface area contributed by atoms with Gasteiger partial charge in [-0.15, -0.1) is 0 Å². The van der Waals surface area contributed by atoms with Gasteiger partial charge in [0.15, 0.2) is 0 Å². The minimum atomic E-state index is -0.469. The van der Waals surface area contributed by atoms with Crippen LogP contribution in [-0.2, 0) is 4.74 Å². The Bertz CT molecular complexity index is 827. The lowest BCUT2D eigenvalue weighted by molar-refractivity contribution is 0.0204.